The lowest BCUT2D eigenvalue weighted by atomic mass is 10.1. The predicted octanol–water partition coefficient (Wildman–Crippen LogP) is 0.893. The number of benzene rings is 2. The molecule has 0 bridgehead atoms. The fourth-order valence-electron chi connectivity index (χ4n) is 3.62. The van der Waals surface area contributed by atoms with Crippen molar-refractivity contribution in [2.24, 2.45) is 0 Å². The summed E-state index contributed by atoms with van der Waals surface area (Å²) >= 11 is 0. The molecule has 2 amide bonds. The fraction of sp³-hybridized carbons (Fsp3) is 0.333. The minimum atomic E-state index is -3.81. The Labute approximate surface area is 176 Å². The first-order valence-corrected chi connectivity index (χ1v) is 11.0. The van der Waals surface area contributed by atoms with Crippen molar-refractivity contribution in [2.45, 2.75) is 30.8 Å². The van der Waals surface area contributed by atoms with Crippen LogP contribution in [0.15, 0.2) is 53.4 Å². The topological polar surface area (TPSA) is 107 Å². The summed E-state index contributed by atoms with van der Waals surface area (Å²) in [7, 11) is -2.42. The maximum absolute atomic E-state index is 12.9. The van der Waals surface area contributed by atoms with E-state index >= 15 is 0 Å². The number of carbonyl (C=O) groups excluding carboxylic acids is 2. The quantitative estimate of drug-likeness (QED) is 0.677. The number of likely N-dealkylation sites (N-methyl/N-ethyl adjacent to an activating group) is 1. The van der Waals surface area contributed by atoms with Gasteiger partial charge in [0.15, 0.2) is 0 Å². The van der Waals surface area contributed by atoms with Crippen molar-refractivity contribution in [3.8, 4) is 0 Å². The summed E-state index contributed by atoms with van der Waals surface area (Å²) in [6, 6.07) is 13.1. The number of nitrogens with one attached hydrogen (secondary N) is 1. The van der Waals surface area contributed by atoms with Crippen LogP contribution in [0.1, 0.15) is 18.1 Å². The second-order valence-electron chi connectivity index (χ2n) is 7.11. The van der Waals surface area contributed by atoms with Crippen molar-refractivity contribution in [3.63, 3.8) is 0 Å². The monoisotopic (exact) mass is 431 g/mol. The normalized spacial score (nSPS) is 15.9. The van der Waals surface area contributed by atoms with E-state index in [1.165, 1.54) is 24.9 Å². The lowest BCUT2D eigenvalue weighted by molar-refractivity contribution is -0.125. The summed E-state index contributed by atoms with van der Waals surface area (Å²) in [6.45, 7) is 1.09. The van der Waals surface area contributed by atoms with Gasteiger partial charge in [0.2, 0.25) is 21.8 Å². The Morgan fingerprint density at radius 1 is 1.17 bits per heavy atom. The van der Waals surface area contributed by atoms with Crippen LogP contribution in [0.2, 0.25) is 0 Å². The number of nitrogens with zero attached hydrogens (tertiary/aromatic N) is 2. The number of anilines is 1. The van der Waals surface area contributed by atoms with Gasteiger partial charge in [0, 0.05) is 39.2 Å². The Bertz CT molecular complexity index is 1050. The number of amides is 2. The fourth-order valence-corrected chi connectivity index (χ4v) is 5.00. The molecular weight excluding hydrogens is 406 g/mol. The summed E-state index contributed by atoms with van der Waals surface area (Å²) in [5.74, 6) is -0.578. The molecule has 0 aliphatic carbocycles. The van der Waals surface area contributed by atoms with Crippen LogP contribution in [0.5, 0.6) is 0 Å². The Hall–Kier alpha value is -2.75. The van der Waals surface area contributed by atoms with Crippen LogP contribution in [0, 0.1) is 0 Å². The molecule has 2 aromatic rings. The van der Waals surface area contributed by atoms with Gasteiger partial charge in [-0.1, -0.05) is 36.4 Å². The first-order chi connectivity index (χ1) is 14.3. The number of para-hydroxylation sites is 1. The maximum Gasteiger partial charge on any atom is 0.243 e. The molecule has 0 unspecified atom stereocenters. The number of aliphatic hydroxyl groups excluding tert-OH is 1. The summed E-state index contributed by atoms with van der Waals surface area (Å²) in [5, 5.41) is 11.8. The molecule has 0 radical (unpaired) electrons. The summed E-state index contributed by atoms with van der Waals surface area (Å²) in [5.41, 5.74) is 2.07. The number of rotatable bonds is 7. The van der Waals surface area contributed by atoms with Crippen molar-refractivity contribution >= 4 is 27.5 Å². The second kappa shape index (κ2) is 8.95. The molecule has 2 aromatic carbocycles. The smallest absolute Gasteiger partial charge is 0.243 e. The second-order valence-corrected chi connectivity index (χ2v) is 9.13. The number of aliphatic hydroxyl groups is 1. The largest absolute Gasteiger partial charge is 0.395 e. The molecule has 0 spiro atoms. The Morgan fingerprint density at radius 2 is 1.83 bits per heavy atom. The van der Waals surface area contributed by atoms with Gasteiger partial charge in [0.25, 0.3) is 0 Å². The number of sulfonamides is 1. The van der Waals surface area contributed by atoms with E-state index in [0.29, 0.717) is 12.0 Å². The highest BCUT2D eigenvalue weighted by molar-refractivity contribution is 7.89. The summed E-state index contributed by atoms with van der Waals surface area (Å²) in [6.07, 6.45) is 0.404. The van der Waals surface area contributed by atoms with E-state index < -0.39 is 16.1 Å². The van der Waals surface area contributed by atoms with E-state index in [2.05, 4.69) is 5.32 Å². The molecule has 160 valence electrons. The Kier molecular flexibility index (Phi) is 6.55. The van der Waals surface area contributed by atoms with Crippen molar-refractivity contribution < 1.29 is 23.1 Å². The molecule has 2 N–H and O–H groups in total. The third-order valence-corrected chi connectivity index (χ3v) is 7.10. The van der Waals surface area contributed by atoms with Crippen LogP contribution in [-0.2, 0) is 32.6 Å². The van der Waals surface area contributed by atoms with E-state index in [-0.39, 0.29) is 36.4 Å². The third kappa shape index (κ3) is 4.23. The van der Waals surface area contributed by atoms with Gasteiger partial charge in [-0.05, 0) is 23.3 Å². The molecule has 1 heterocycles. The Balaban J connectivity index is 1.79. The zero-order valence-electron chi connectivity index (χ0n) is 16.9. The molecule has 1 aliphatic rings. The standard InChI is InChI=1S/C21H25N3O5S/c1-15(26)24-18-9-5-3-7-16(18)13-19(24)21(27)22-14-17-8-4-6-10-20(17)30(28,29)23(2)11-12-25/h3-10,19,25H,11-14H2,1-2H3,(H,22,27)/t19-/m0/s1. The SMILES string of the molecule is CC(=O)N1c2ccccc2C[C@H]1C(=O)NCc1ccccc1S(=O)(=O)N(C)CCO. The lowest BCUT2D eigenvalue weighted by Crippen LogP contribution is -2.47. The lowest BCUT2D eigenvalue weighted by Gasteiger charge is -2.24. The summed E-state index contributed by atoms with van der Waals surface area (Å²) in [4.78, 5) is 26.6. The van der Waals surface area contributed by atoms with Crippen LogP contribution in [0.25, 0.3) is 0 Å². The molecule has 30 heavy (non-hydrogen) atoms. The predicted molar refractivity (Wildman–Crippen MR) is 112 cm³/mol. The minimum absolute atomic E-state index is 0.000207. The first kappa shape index (κ1) is 21.9. The zero-order chi connectivity index (χ0) is 21.9. The maximum atomic E-state index is 12.9. The third-order valence-electron chi connectivity index (χ3n) is 5.15. The van der Waals surface area contributed by atoms with E-state index in [1.807, 2.05) is 24.3 Å². The average Bonchev–Trinajstić information content (AvgIpc) is 3.12. The molecule has 0 saturated heterocycles. The van der Waals surface area contributed by atoms with Crippen LogP contribution in [-0.4, -0.2) is 55.9 Å². The first-order valence-electron chi connectivity index (χ1n) is 9.58. The van der Waals surface area contributed by atoms with E-state index in [9.17, 15) is 18.0 Å². The number of hydrogen-bond donors (Lipinski definition) is 2. The van der Waals surface area contributed by atoms with Crippen LogP contribution < -0.4 is 10.2 Å². The molecule has 9 heteroatoms. The molecule has 1 aliphatic heterocycles. The highest BCUT2D eigenvalue weighted by Gasteiger charge is 2.36. The minimum Gasteiger partial charge on any atom is -0.395 e. The molecular formula is C21H25N3O5S. The molecule has 3 rings (SSSR count). The van der Waals surface area contributed by atoms with Crippen LogP contribution in [0.3, 0.4) is 0 Å². The van der Waals surface area contributed by atoms with Gasteiger partial charge in [-0.2, -0.15) is 4.31 Å². The highest BCUT2D eigenvalue weighted by atomic mass is 32.2. The van der Waals surface area contributed by atoms with Gasteiger partial charge in [-0.25, -0.2) is 8.42 Å². The van der Waals surface area contributed by atoms with Gasteiger partial charge in [-0.3, -0.25) is 14.5 Å². The van der Waals surface area contributed by atoms with E-state index in [4.69, 9.17) is 5.11 Å². The van der Waals surface area contributed by atoms with Crippen molar-refractivity contribution in [1.82, 2.24) is 9.62 Å². The molecule has 0 aromatic heterocycles. The number of fused-ring (bicyclic) bond motifs is 1. The number of hydrogen-bond acceptors (Lipinski definition) is 5. The van der Waals surface area contributed by atoms with Crippen LogP contribution in [0.4, 0.5) is 5.69 Å². The van der Waals surface area contributed by atoms with Gasteiger partial charge < -0.3 is 10.4 Å². The van der Waals surface area contributed by atoms with Gasteiger partial charge in [-0.15, -0.1) is 0 Å². The number of carbonyl (C=O) groups is 2. The van der Waals surface area contributed by atoms with Gasteiger partial charge >= 0.3 is 0 Å². The van der Waals surface area contributed by atoms with E-state index in [0.717, 1.165) is 15.6 Å². The molecule has 8 nitrogen and oxygen atoms in total. The zero-order valence-corrected chi connectivity index (χ0v) is 17.7. The Morgan fingerprint density at radius 3 is 2.53 bits per heavy atom. The highest BCUT2D eigenvalue weighted by Crippen LogP contribution is 2.32. The summed E-state index contributed by atoms with van der Waals surface area (Å²) < 4.78 is 26.6. The van der Waals surface area contributed by atoms with E-state index in [1.54, 1.807) is 18.2 Å². The average molecular weight is 432 g/mol. The molecule has 1 atom stereocenters. The van der Waals surface area contributed by atoms with Crippen molar-refractivity contribution in [3.05, 3.63) is 59.7 Å². The van der Waals surface area contributed by atoms with Gasteiger partial charge in [0.05, 0.1) is 11.5 Å². The van der Waals surface area contributed by atoms with Gasteiger partial charge in [0.1, 0.15) is 6.04 Å². The van der Waals surface area contributed by atoms with Crippen molar-refractivity contribution in [1.29, 1.82) is 0 Å². The molecule has 0 saturated carbocycles. The van der Waals surface area contributed by atoms with Crippen molar-refractivity contribution in [2.75, 3.05) is 25.1 Å². The van der Waals surface area contributed by atoms with Crippen LogP contribution >= 0.6 is 0 Å². The molecule has 0 fully saturated rings.